The van der Waals surface area contributed by atoms with Crippen molar-refractivity contribution < 1.29 is 4.74 Å². The Morgan fingerprint density at radius 1 is 1.00 bits per heavy atom. The minimum absolute atomic E-state index is 0.134. The van der Waals surface area contributed by atoms with E-state index in [0.29, 0.717) is 0 Å². The molecule has 1 atom stereocenters. The molecular weight excluding hydrogens is 278 g/mol. The van der Waals surface area contributed by atoms with Crippen LogP contribution in [0.3, 0.4) is 0 Å². The Bertz CT molecular complexity index is 455. The summed E-state index contributed by atoms with van der Waals surface area (Å²) in [6, 6.07) is 18.1. The van der Waals surface area contributed by atoms with Gasteiger partial charge in [-0.1, -0.05) is 46.3 Å². The molecule has 0 aliphatic carbocycles. The van der Waals surface area contributed by atoms with Gasteiger partial charge >= 0.3 is 0 Å². The highest BCUT2D eigenvalue weighted by Gasteiger charge is 2.09. The van der Waals surface area contributed by atoms with Crippen LogP contribution in [0.5, 0.6) is 0 Å². The van der Waals surface area contributed by atoms with Crippen molar-refractivity contribution >= 4 is 21.6 Å². The normalized spacial score (nSPS) is 12.1. The SMILES string of the molecule is COC(Nc1ccccc1)c1ccc(Br)cc1. The number of halogens is 1. The van der Waals surface area contributed by atoms with Crippen molar-refractivity contribution in [3.63, 3.8) is 0 Å². The van der Waals surface area contributed by atoms with Crippen LogP contribution in [0.25, 0.3) is 0 Å². The summed E-state index contributed by atoms with van der Waals surface area (Å²) in [5.41, 5.74) is 2.14. The van der Waals surface area contributed by atoms with Crippen LogP contribution in [0.15, 0.2) is 59.1 Å². The van der Waals surface area contributed by atoms with Crippen LogP contribution in [0.2, 0.25) is 0 Å². The number of benzene rings is 2. The van der Waals surface area contributed by atoms with Crippen molar-refractivity contribution in [1.82, 2.24) is 0 Å². The van der Waals surface area contributed by atoms with Crippen molar-refractivity contribution in [3.05, 3.63) is 64.6 Å². The summed E-state index contributed by atoms with van der Waals surface area (Å²) in [7, 11) is 1.70. The number of para-hydroxylation sites is 1. The van der Waals surface area contributed by atoms with Gasteiger partial charge in [0.15, 0.2) is 6.23 Å². The fraction of sp³-hybridized carbons (Fsp3) is 0.143. The van der Waals surface area contributed by atoms with E-state index in [0.717, 1.165) is 15.7 Å². The van der Waals surface area contributed by atoms with E-state index in [1.165, 1.54) is 0 Å². The molecule has 2 rings (SSSR count). The molecule has 0 fully saturated rings. The van der Waals surface area contributed by atoms with Crippen LogP contribution < -0.4 is 5.32 Å². The molecule has 0 spiro atoms. The van der Waals surface area contributed by atoms with Gasteiger partial charge in [0.1, 0.15) is 0 Å². The number of hydrogen-bond donors (Lipinski definition) is 1. The molecule has 2 aromatic rings. The van der Waals surface area contributed by atoms with E-state index in [1.807, 2.05) is 54.6 Å². The van der Waals surface area contributed by atoms with Gasteiger partial charge in [0, 0.05) is 22.8 Å². The zero-order chi connectivity index (χ0) is 12.1. The highest BCUT2D eigenvalue weighted by molar-refractivity contribution is 9.10. The molecule has 0 bridgehead atoms. The molecule has 0 saturated heterocycles. The maximum atomic E-state index is 5.45. The lowest BCUT2D eigenvalue weighted by Gasteiger charge is -2.18. The largest absolute Gasteiger partial charge is 0.357 e. The van der Waals surface area contributed by atoms with Crippen LogP contribution in [-0.4, -0.2) is 7.11 Å². The number of hydrogen-bond acceptors (Lipinski definition) is 2. The monoisotopic (exact) mass is 291 g/mol. The van der Waals surface area contributed by atoms with Gasteiger partial charge in [-0.15, -0.1) is 0 Å². The van der Waals surface area contributed by atoms with Gasteiger partial charge in [-0.3, -0.25) is 0 Å². The Morgan fingerprint density at radius 3 is 2.24 bits per heavy atom. The quantitative estimate of drug-likeness (QED) is 0.852. The van der Waals surface area contributed by atoms with Gasteiger partial charge < -0.3 is 10.1 Å². The second-order valence-electron chi connectivity index (χ2n) is 3.68. The minimum Gasteiger partial charge on any atom is -0.357 e. The average molecular weight is 292 g/mol. The van der Waals surface area contributed by atoms with Crippen LogP contribution >= 0.6 is 15.9 Å². The predicted octanol–water partition coefficient (Wildman–Crippen LogP) is 4.21. The summed E-state index contributed by atoms with van der Waals surface area (Å²) >= 11 is 3.42. The molecule has 0 aliphatic rings. The Kier molecular flexibility index (Phi) is 4.18. The van der Waals surface area contributed by atoms with Gasteiger partial charge in [0.2, 0.25) is 0 Å². The fourth-order valence-electron chi connectivity index (χ4n) is 1.60. The fourth-order valence-corrected chi connectivity index (χ4v) is 1.87. The summed E-state index contributed by atoms with van der Waals surface area (Å²) in [5.74, 6) is 0. The Balaban J connectivity index is 2.14. The van der Waals surface area contributed by atoms with E-state index >= 15 is 0 Å². The molecule has 0 radical (unpaired) electrons. The number of ether oxygens (including phenoxy) is 1. The molecule has 0 aromatic heterocycles. The van der Waals surface area contributed by atoms with Gasteiger partial charge in [0.05, 0.1) is 0 Å². The number of anilines is 1. The van der Waals surface area contributed by atoms with Crippen LogP contribution in [-0.2, 0) is 4.74 Å². The van der Waals surface area contributed by atoms with Crippen LogP contribution in [0.1, 0.15) is 11.8 Å². The van der Waals surface area contributed by atoms with Crippen molar-refractivity contribution in [2.75, 3.05) is 12.4 Å². The summed E-state index contributed by atoms with van der Waals surface area (Å²) in [4.78, 5) is 0. The molecule has 0 heterocycles. The minimum atomic E-state index is -0.134. The van der Waals surface area contributed by atoms with Gasteiger partial charge in [-0.05, 0) is 24.3 Å². The third kappa shape index (κ3) is 3.32. The van der Waals surface area contributed by atoms with Crippen molar-refractivity contribution in [3.8, 4) is 0 Å². The molecule has 88 valence electrons. The first-order valence-corrected chi connectivity index (χ1v) is 6.19. The van der Waals surface area contributed by atoms with Crippen LogP contribution in [0.4, 0.5) is 5.69 Å². The van der Waals surface area contributed by atoms with Crippen molar-refractivity contribution in [2.24, 2.45) is 0 Å². The maximum Gasteiger partial charge on any atom is 0.153 e. The molecule has 2 aromatic carbocycles. The van der Waals surface area contributed by atoms with Gasteiger partial charge in [0.25, 0.3) is 0 Å². The number of rotatable bonds is 4. The third-order valence-electron chi connectivity index (χ3n) is 2.48. The first kappa shape index (κ1) is 12.1. The molecular formula is C14H14BrNO. The van der Waals surface area contributed by atoms with Crippen molar-refractivity contribution in [2.45, 2.75) is 6.23 Å². The molecule has 3 heteroatoms. The average Bonchev–Trinajstić information content (AvgIpc) is 2.38. The highest BCUT2D eigenvalue weighted by atomic mass is 79.9. The molecule has 0 amide bonds. The highest BCUT2D eigenvalue weighted by Crippen LogP contribution is 2.21. The molecule has 0 aliphatic heterocycles. The molecule has 2 nitrogen and oxygen atoms in total. The lowest BCUT2D eigenvalue weighted by Crippen LogP contribution is -2.12. The second kappa shape index (κ2) is 5.84. The predicted molar refractivity (Wildman–Crippen MR) is 74.0 cm³/mol. The zero-order valence-corrected chi connectivity index (χ0v) is 11.1. The lowest BCUT2D eigenvalue weighted by atomic mass is 10.2. The van der Waals surface area contributed by atoms with E-state index in [4.69, 9.17) is 4.74 Å². The molecule has 1 N–H and O–H groups in total. The lowest BCUT2D eigenvalue weighted by molar-refractivity contribution is 0.127. The first-order chi connectivity index (χ1) is 8.29. The van der Waals surface area contributed by atoms with E-state index in [2.05, 4.69) is 21.2 Å². The Labute approximate surface area is 110 Å². The zero-order valence-electron chi connectivity index (χ0n) is 9.56. The maximum absolute atomic E-state index is 5.45. The number of methoxy groups -OCH3 is 1. The van der Waals surface area contributed by atoms with Crippen LogP contribution in [0, 0.1) is 0 Å². The van der Waals surface area contributed by atoms with E-state index in [-0.39, 0.29) is 6.23 Å². The van der Waals surface area contributed by atoms with Gasteiger partial charge in [-0.25, -0.2) is 0 Å². The van der Waals surface area contributed by atoms with Crippen molar-refractivity contribution in [1.29, 1.82) is 0 Å². The van der Waals surface area contributed by atoms with Gasteiger partial charge in [-0.2, -0.15) is 0 Å². The second-order valence-corrected chi connectivity index (χ2v) is 4.59. The smallest absolute Gasteiger partial charge is 0.153 e. The molecule has 1 unspecified atom stereocenters. The molecule has 17 heavy (non-hydrogen) atoms. The number of nitrogens with one attached hydrogen (secondary N) is 1. The summed E-state index contributed by atoms with van der Waals surface area (Å²) in [6.07, 6.45) is -0.134. The summed E-state index contributed by atoms with van der Waals surface area (Å²) < 4.78 is 6.52. The van der Waals surface area contributed by atoms with E-state index < -0.39 is 0 Å². The standard InChI is InChI=1S/C14H14BrNO/c1-17-14(11-7-9-12(15)10-8-11)16-13-5-3-2-4-6-13/h2-10,14,16H,1H3. The summed E-state index contributed by atoms with van der Waals surface area (Å²) in [5, 5.41) is 3.33. The first-order valence-electron chi connectivity index (χ1n) is 5.39. The molecule has 0 saturated carbocycles. The van der Waals surface area contributed by atoms with E-state index in [1.54, 1.807) is 7.11 Å². The topological polar surface area (TPSA) is 21.3 Å². The Morgan fingerprint density at radius 2 is 1.65 bits per heavy atom. The Hall–Kier alpha value is -1.32. The van der Waals surface area contributed by atoms with E-state index in [9.17, 15) is 0 Å². The summed E-state index contributed by atoms with van der Waals surface area (Å²) in [6.45, 7) is 0. The third-order valence-corrected chi connectivity index (χ3v) is 3.01.